The van der Waals surface area contributed by atoms with Crippen molar-refractivity contribution in [3.05, 3.63) is 58.8 Å². The van der Waals surface area contributed by atoms with E-state index in [-0.39, 0.29) is 17.9 Å². The maximum atomic E-state index is 13.3. The number of hydrogen-bond acceptors (Lipinski definition) is 4. The summed E-state index contributed by atoms with van der Waals surface area (Å²) in [7, 11) is 0. The Labute approximate surface area is 171 Å². The highest BCUT2D eigenvalue weighted by atomic mass is 16.3. The molecule has 3 heterocycles. The van der Waals surface area contributed by atoms with Gasteiger partial charge in [0.2, 0.25) is 11.8 Å². The molecule has 2 aliphatic rings. The minimum Gasteiger partial charge on any atom is -0.504 e. The fourth-order valence-corrected chi connectivity index (χ4v) is 4.56. The van der Waals surface area contributed by atoms with E-state index in [1.807, 2.05) is 24.3 Å². The van der Waals surface area contributed by atoms with Crippen LogP contribution < -0.4 is 0 Å². The molecule has 0 saturated carbocycles. The molecule has 0 unspecified atom stereocenters. The average molecular weight is 394 g/mol. The molecule has 0 radical (unpaired) electrons. The van der Waals surface area contributed by atoms with Crippen molar-refractivity contribution >= 4 is 22.7 Å². The maximum Gasteiger partial charge on any atom is 0.245 e. The van der Waals surface area contributed by atoms with E-state index in [0.29, 0.717) is 21.7 Å². The lowest BCUT2D eigenvalue weighted by atomic mass is 9.85. The van der Waals surface area contributed by atoms with Crippen molar-refractivity contribution in [2.45, 2.75) is 25.4 Å². The first-order valence-electron chi connectivity index (χ1n) is 10.8. The van der Waals surface area contributed by atoms with Gasteiger partial charge in [0, 0.05) is 34.1 Å². The second-order valence-electron chi connectivity index (χ2n) is 7.62. The van der Waals surface area contributed by atoms with Crippen LogP contribution in [0.4, 0.5) is 0 Å². The quantitative estimate of drug-likeness (QED) is 0.551. The van der Waals surface area contributed by atoms with Gasteiger partial charge in [0.25, 0.3) is 0 Å². The number of nitrogens with zero attached hydrogens (tertiary/aromatic N) is 2. The molecule has 0 aliphatic carbocycles. The second-order valence-corrected chi connectivity index (χ2v) is 7.62. The Balaban J connectivity index is 1.75. The molecule has 2 aliphatic heterocycles. The van der Waals surface area contributed by atoms with Gasteiger partial charge in [0.15, 0.2) is 11.5 Å². The van der Waals surface area contributed by atoms with Crippen molar-refractivity contribution in [1.29, 1.82) is 0 Å². The minimum absolute atomic E-state index is 0.177. The number of rotatable bonds is 1. The molecule has 2 atom stereocenters. The molecule has 0 bridgehead atoms. The highest BCUT2D eigenvalue weighted by Gasteiger charge is 2.47. The zero-order chi connectivity index (χ0) is 22.9. The van der Waals surface area contributed by atoms with Crippen molar-refractivity contribution in [3.8, 4) is 11.5 Å². The van der Waals surface area contributed by atoms with Gasteiger partial charge in [0.1, 0.15) is 6.04 Å². The number of carbonyl (C=O) groups is 2. The Morgan fingerprint density at radius 1 is 1.21 bits per heavy atom. The van der Waals surface area contributed by atoms with Crippen LogP contribution in [0.1, 0.15) is 32.5 Å². The number of amides is 2. The topological polar surface area (TPSA) is 96.9 Å². The number of para-hydroxylation sites is 1. The largest absolute Gasteiger partial charge is 0.504 e. The second kappa shape index (κ2) is 6.01. The average Bonchev–Trinajstić information content (AvgIpc) is 3.10. The molecule has 148 valence electrons. The molecule has 2 aromatic carbocycles. The summed E-state index contributed by atoms with van der Waals surface area (Å²) in [5.74, 6) is -1.72. The molecule has 7 heteroatoms. The number of aryl methyl sites for hydroxylation is 1. The van der Waals surface area contributed by atoms with Gasteiger partial charge in [-0.15, -0.1) is 0 Å². The van der Waals surface area contributed by atoms with Crippen LogP contribution in [-0.4, -0.2) is 56.4 Å². The number of aromatic nitrogens is 1. The Morgan fingerprint density at radius 3 is 2.76 bits per heavy atom. The van der Waals surface area contributed by atoms with E-state index in [1.165, 1.54) is 11.0 Å². The van der Waals surface area contributed by atoms with Gasteiger partial charge in [-0.1, -0.05) is 18.2 Å². The number of carbonyl (C=O) groups excluding carboxylic acids is 2. The van der Waals surface area contributed by atoms with Gasteiger partial charge >= 0.3 is 0 Å². The number of fused-ring (bicyclic) bond motifs is 4. The van der Waals surface area contributed by atoms with Crippen molar-refractivity contribution in [2.75, 3.05) is 13.5 Å². The fraction of sp³-hybridized carbons (Fsp3) is 0.273. The molecule has 3 aromatic rings. The highest BCUT2D eigenvalue weighted by molar-refractivity contribution is 5.97. The summed E-state index contributed by atoms with van der Waals surface area (Å²) in [5.41, 5.74) is 3.29. The van der Waals surface area contributed by atoms with E-state index >= 15 is 0 Å². The first-order chi connectivity index (χ1) is 15.1. The maximum absolute atomic E-state index is 13.3. The van der Waals surface area contributed by atoms with Crippen molar-refractivity contribution in [3.63, 3.8) is 0 Å². The Bertz CT molecular complexity index is 1260. The highest BCUT2D eigenvalue weighted by Crippen LogP contribution is 2.44. The Kier molecular flexibility index (Phi) is 3.01. The van der Waals surface area contributed by atoms with Crippen molar-refractivity contribution in [1.82, 2.24) is 14.8 Å². The van der Waals surface area contributed by atoms with Gasteiger partial charge in [-0.25, -0.2) is 0 Å². The van der Waals surface area contributed by atoms with Crippen LogP contribution in [0.5, 0.6) is 11.5 Å². The third-order valence-electron chi connectivity index (χ3n) is 5.88. The standard InChI is InChI=1S/C22H21N3O4/c1-11-7-12(8-17(26)21(11)28)20-19-14(13-5-3-4-6-15(13)23-19)9-16-22(29)24(2)10-18(27)25(16)20/h3-8,16,20,23,26,28H,9-10H2,1-2H3/t16-,20-/m1/s1/i2D3. The third-order valence-corrected chi connectivity index (χ3v) is 5.88. The molecule has 1 saturated heterocycles. The molecular formula is C22H21N3O4. The lowest BCUT2D eigenvalue weighted by Crippen LogP contribution is -2.62. The number of aromatic amines is 1. The zero-order valence-corrected chi connectivity index (χ0v) is 15.6. The normalized spacial score (nSPS) is 23.4. The van der Waals surface area contributed by atoms with E-state index in [9.17, 15) is 19.8 Å². The molecule has 3 N–H and O–H groups in total. The van der Waals surface area contributed by atoms with Crippen molar-refractivity contribution < 1.29 is 23.9 Å². The summed E-state index contributed by atoms with van der Waals surface area (Å²) in [5, 5.41) is 21.2. The van der Waals surface area contributed by atoms with Crippen LogP contribution in [0.15, 0.2) is 36.4 Å². The van der Waals surface area contributed by atoms with E-state index in [2.05, 4.69) is 4.98 Å². The summed E-state index contributed by atoms with van der Waals surface area (Å²) >= 11 is 0. The molecule has 2 amide bonds. The monoisotopic (exact) mass is 394 g/mol. The van der Waals surface area contributed by atoms with Crippen LogP contribution in [0.25, 0.3) is 10.9 Å². The summed E-state index contributed by atoms with van der Waals surface area (Å²) in [6.45, 7) is -1.65. The number of aromatic hydroxyl groups is 2. The fourth-order valence-electron chi connectivity index (χ4n) is 4.56. The molecule has 0 spiro atoms. The van der Waals surface area contributed by atoms with Gasteiger partial charge in [-0.2, -0.15) is 0 Å². The number of likely N-dealkylation sites (N-methyl/N-ethyl adjacent to an activating group) is 1. The third kappa shape index (κ3) is 2.43. The van der Waals surface area contributed by atoms with Gasteiger partial charge in [-0.3, -0.25) is 9.59 Å². The Morgan fingerprint density at radius 2 is 2.00 bits per heavy atom. The van der Waals surface area contributed by atoms with Crippen LogP contribution in [-0.2, 0) is 16.0 Å². The number of phenolic OH excluding ortho intramolecular Hbond substituents is 2. The zero-order valence-electron chi connectivity index (χ0n) is 18.6. The molecule has 7 nitrogen and oxygen atoms in total. The molecular weight excluding hydrogens is 370 g/mol. The van der Waals surface area contributed by atoms with E-state index in [1.54, 1.807) is 13.0 Å². The van der Waals surface area contributed by atoms with Gasteiger partial charge in [0.05, 0.1) is 12.6 Å². The number of piperazine rings is 1. The molecule has 29 heavy (non-hydrogen) atoms. The number of nitrogens with one attached hydrogen (secondary N) is 1. The summed E-state index contributed by atoms with van der Waals surface area (Å²) < 4.78 is 23.1. The van der Waals surface area contributed by atoms with Crippen LogP contribution in [0, 0.1) is 6.92 Å². The summed E-state index contributed by atoms with van der Waals surface area (Å²) in [6.07, 6.45) is 0.177. The molecule has 5 rings (SSSR count). The van der Waals surface area contributed by atoms with E-state index in [4.69, 9.17) is 4.11 Å². The SMILES string of the molecule is [2H]C([2H])([2H])N1CC(=O)N2[C@H](c3cc(C)c(O)c(O)c3)c3[nH]c4ccccc4c3C[C@@H]2C1=O. The lowest BCUT2D eigenvalue weighted by Gasteiger charge is -2.46. The predicted molar refractivity (Wildman–Crippen MR) is 107 cm³/mol. The smallest absolute Gasteiger partial charge is 0.245 e. The van der Waals surface area contributed by atoms with Crippen molar-refractivity contribution in [2.24, 2.45) is 0 Å². The number of H-pyrrole nitrogens is 1. The van der Waals surface area contributed by atoms with Crippen LogP contribution >= 0.6 is 0 Å². The van der Waals surface area contributed by atoms with Crippen LogP contribution in [0.2, 0.25) is 0 Å². The predicted octanol–water partition coefficient (Wildman–Crippen LogP) is 2.20. The summed E-state index contributed by atoms with van der Waals surface area (Å²) in [6, 6.07) is 8.83. The van der Waals surface area contributed by atoms with E-state index < -0.39 is 37.4 Å². The first-order valence-corrected chi connectivity index (χ1v) is 9.32. The van der Waals surface area contributed by atoms with Crippen LogP contribution in [0.3, 0.4) is 0 Å². The number of benzene rings is 2. The summed E-state index contributed by atoms with van der Waals surface area (Å²) in [4.78, 5) is 31.9. The lowest BCUT2D eigenvalue weighted by molar-refractivity contribution is -0.157. The number of phenols is 2. The minimum atomic E-state index is -2.72. The number of hydrogen-bond donors (Lipinski definition) is 3. The Hall–Kier alpha value is -3.48. The van der Waals surface area contributed by atoms with Gasteiger partial charge in [-0.05, 0) is 41.8 Å². The van der Waals surface area contributed by atoms with Gasteiger partial charge < -0.3 is 25.0 Å². The molecule has 1 aromatic heterocycles. The van der Waals surface area contributed by atoms with E-state index in [0.717, 1.165) is 16.5 Å². The first kappa shape index (κ1) is 14.5. The molecule has 1 fully saturated rings.